The number of halogens is 2. The topological polar surface area (TPSA) is 77.2 Å². The first-order chi connectivity index (χ1) is 9.95. The Kier molecular flexibility index (Phi) is 4.73. The number of thioether (sulfide) groups is 1. The monoisotopic (exact) mass is 315 g/mol. The van der Waals surface area contributed by atoms with Crippen molar-refractivity contribution >= 4 is 17.7 Å². The van der Waals surface area contributed by atoms with E-state index in [1.54, 1.807) is 19.2 Å². The van der Waals surface area contributed by atoms with Crippen molar-refractivity contribution in [2.75, 3.05) is 5.75 Å². The molecule has 0 fully saturated rings. The Balaban J connectivity index is 2.14. The van der Waals surface area contributed by atoms with Gasteiger partial charge in [-0.3, -0.25) is 4.79 Å². The largest absolute Gasteiger partial charge is 0.481 e. The summed E-state index contributed by atoms with van der Waals surface area (Å²) in [6.07, 6.45) is 0. The van der Waals surface area contributed by atoms with Crippen molar-refractivity contribution < 1.29 is 23.4 Å². The zero-order valence-electron chi connectivity index (χ0n) is 10.9. The molecule has 0 spiro atoms. The highest BCUT2D eigenvalue weighted by Crippen LogP contribution is 2.23. The van der Waals surface area contributed by atoms with E-state index in [0.717, 1.165) is 11.8 Å². The quantitative estimate of drug-likeness (QED) is 0.824. The molecule has 2 rings (SSSR count). The standard InChI is InChI=1S/C12H11F2N3O3S/c1-17-12(21-6-9(18)19)15-10(16-17)7-2-4-8(5-3-7)20-11(13)14/h2-5,11H,6H2,1H3,(H,18,19). The summed E-state index contributed by atoms with van der Waals surface area (Å²) in [7, 11) is 1.65. The van der Waals surface area contributed by atoms with Crippen molar-refractivity contribution in [2.24, 2.45) is 7.05 Å². The van der Waals surface area contributed by atoms with E-state index in [2.05, 4.69) is 14.8 Å². The molecule has 6 nitrogen and oxygen atoms in total. The third-order valence-corrected chi connectivity index (χ3v) is 3.39. The number of carbonyl (C=O) groups is 1. The van der Waals surface area contributed by atoms with Crippen LogP contribution in [0, 0.1) is 0 Å². The van der Waals surface area contributed by atoms with Gasteiger partial charge in [0.1, 0.15) is 5.75 Å². The van der Waals surface area contributed by atoms with Gasteiger partial charge in [-0.05, 0) is 24.3 Å². The van der Waals surface area contributed by atoms with E-state index in [4.69, 9.17) is 5.11 Å². The molecule has 0 saturated carbocycles. The predicted molar refractivity (Wildman–Crippen MR) is 71.4 cm³/mol. The van der Waals surface area contributed by atoms with E-state index >= 15 is 0 Å². The fraction of sp³-hybridized carbons (Fsp3) is 0.250. The first kappa shape index (κ1) is 15.2. The minimum absolute atomic E-state index is 0.0464. The molecular weight excluding hydrogens is 304 g/mol. The molecular formula is C12H11F2N3O3S. The fourth-order valence-corrected chi connectivity index (χ4v) is 2.16. The Labute approximate surface area is 122 Å². The highest BCUT2D eigenvalue weighted by molar-refractivity contribution is 7.99. The summed E-state index contributed by atoms with van der Waals surface area (Å²) in [5.74, 6) is -0.634. The van der Waals surface area contributed by atoms with Crippen LogP contribution >= 0.6 is 11.8 Å². The summed E-state index contributed by atoms with van der Waals surface area (Å²) in [6, 6.07) is 5.89. The van der Waals surface area contributed by atoms with Crippen LogP contribution in [0.4, 0.5) is 8.78 Å². The van der Waals surface area contributed by atoms with Gasteiger partial charge in [-0.1, -0.05) is 11.8 Å². The van der Waals surface area contributed by atoms with Crippen LogP contribution in [-0.4, -0.2) is 38.2 Å². The Bertz CT molecular complexity index is 631. The molecule has 21 heavy (non-hydrogen) atoms. The van der Waals surface area contributed by atoms with Gasteiger partial charge < -0.3 is 9.84 Å². The second-order valence-electron chi connectivity index (χ2n) is 3.93. The molecule has 1 heterocycles. The third kappa shape index (κ3) is 4.15. The average Bonchev–Trinajstić information content (AvgIpc) is 2.78. The van der Waals surface area contributed by atoms with Crippen LogP contribution in [0.15, 0.2) is 29.4 Å². The summed E-state index contributed by atoms with van der Waals surface area (Å²) in [6.45, 7) is -2.87. The van der Waals surface area contributed by atoms with Crippen LogP contribution in [0.2, 0.25) is 0 Å². The molecule has 1 N–H and O–H groups in total. The van der Waals surface area contributed by atoms with E-state index in [9.17, 15) is 13.6 Å². The van der Waals surface area contributed by atoms with Crippen LogP contribution < -0.4 is 4.74 Å². The second-order valence-corrected chi connectivity index (χ2v) is 4.87. The maximum atomic E-state index is 12.0. The van der Waals surface area contributed by atoms with E-state index in [0.29, 0.717) is 16.5 Å². The van der Waals surface area contributed by atoms with Crippen molar-refractivity contribution in [3.8, 4) is 17.1 Å². The molecule has 1 aromatic heterocycles. The van der Waals surface area contributed by atoms with Crippen LogP contribution in [-0.2, 0) is 11.8 Å². The average molecular weight is 315 g/mol. The number of aromatic nitrogens is 3. The SMILES string of the molecule is Cn1nc(-c2ccc(OC(F)F)cc2)nc1SCC(=O)O. The Morgan fingerprint density at radius 2 is 2.10 bits per heavy atom. The smallest absolute Gasteiger partial charge is 0.387 e. The molecule has 0 amide bonds. The maximum absolute atomic E-state index is 12.0. The summed E-state index contributed by atoms with van der Waals surface area (Å²) >= 11 is 1.05. The van der Waals surface area contributed by atoms with Gasteiger partial charge >= 0.3 is 12.6 Å². The lowest BCUT2D eigenvalue weighted by Crippen LogP contribution is -2.01. The number of hydrogen-bond acceptors (Lipinski definition) is 5. The maximum Gasteiger partial charge on any atom is 0.387 e. The molecule has 0 aliphatic carbocycles. The van der Waals surface area contributed by atoms with Gasteiger partial charge in [0, 0.05) is 12.6 Å². The molecule has 2 aromatic rings. The van der Waals surface area contributed by atoms with E-state index in [1.165, 1.54) is 16.8 Å². The summed E-state index contributed by atoms with van der Waals surface area (Å²) in [5.41, 5.74) is 0.620. The molecule has 0 aliphatic heterocycles. The minimum atomic E-state index is -2.87. The van der Waals surface area contributed by atoms with Crippen molar-refractivity contribution in [1.82, 2.24) is 14.8 Å². The molecule has 0 bridgehead atoms. The highest BCUT2D eigenvalue weighted by atomic mass is 32.2. The first-order valence-corrected chi connectivity index (χ1v) is 6.75. The van der Waals surface area contributed by atoms with Gasteiger partial charge in [-0.25, -0.2) is 9.67 Å². The highest BCUT2D eigenvalue weighted by Gasteiger charge is 2.12. The number of nitrogens with zero attached hydrogens (tertiary/aromatic N) is 3. The summed E-state index contributed by atoms with van der Waals surface area (Å²) in [5, 5.41) is 13.2. The van der Waals surface area contributed by atoms with Gasteiger partial charge in [0.05, 0.1) is 5.75 Å². The minimum Gasteiger partial charge on any atom is -0.481 e. The van der Waals surface area contributed by atoms with Crippen molar-refractivity contribution in [3.05, 3.63) is 24.3 Å². The van der Waals surface area contributed by atoms with Crippen molar-refractivity contribution in [3.63, 3.8) is 0 Å². The fourth-order valence-electron chi connectivity index (χ4n) is 1.53. The number of hydrogen-bond donors (Lipinski definition) is 1. The van der Waals surface area contributed by atoms with Gasteiger partial charge in [-0.2, -0.15) is 13.9 Å². The number of alkyl halides is 2. The zero-order valence-corrected chi connectivity index (χ0v) is 11.7. The zero-order chi connectivity index (χ0) is 15.4. The van der Waals surface area contributed by atoms with E-state index in [-0.39, 0.29) is 11.5 Å². The molecule has 0 unspecified atom stereocenters. The summed E-state index contributed by atoms with van der Waals surface area (Å²) < 4.78 is 29.8. The van der Waals surface area contributed by atoms with Gasteiger partial charge in [-0.15, -0.1) is 0 Å². The number of carboxylic acids is 1. The molecule has 0 atom stereocenters. The third-order valence-electron chi connectivity index (χ3n) is 2.39. The van der Waals surface area contributed by atoms with Crippen LogP contribution in [0.1, 0.15) is 0 Å². The van der Waals surface area contributed by atoms with Gasteiger partial charge in [0.15, 0.2) is 11.0 Å². The predicted octanol–water partition coefficient (Wildman–Crippen LogP) is 2.26. The van der Waals surface area contributed by atoms with Crippen molar-refractivity contribution in [1.29, 1.82) is 0 Å². The lowest BCUT2D eigenvalue weighted by Gasteiger charge is -2.03. The molecule has 0 saturated heterocycles. The number of ether oxygens (including phenoxy) is 1. The number of carboxylic acid groups (broad SMARTS) is 1. The Hall–Kier alpha value is -2.16. The van der Waals surface area contributed by atoms with Crippen LogP contribution in [0.5, 0.6) is 5.75 Å². The second kappa shape index (κ2) is 6.53. The number of benzene rings is 1. The number of aryl methyl sites for hydroxylation is 1. The Morgan fingerprint density at radius 1 is 1.43 bits per heavy atom. The molecule has 0 aliphatic rings. The van der Waals surface area contributed by atoms with Crippen LogP contribution in [0.25, 0.3) is 11.4 Å². The lowest BCUT2D eigenvalue weighted by atomic mass is 10.2. The molecule has 1 aromatic carbocycles. The van der Waals surface area contributed by atoms with E-state index < -0.39 is 12.6 Å². The molecule has 112 valence electrons. The van der Waals surface area contributed by atoms with E-state index in [1.807, 2.05) is 0 Å². The number of aliphatic carboxylic acids is 1. The normalized spacial score (nSPS) is 10.9. The number of rotatable bonds is 6. The molecule has 9 heteroatoms. The van der Waals surface area contributed by atoms with Crippen molar-refractivity contribution in [2.45, 2.75) is 11.8 Å². The molecule has 0 radical (unpaired) electrons. The van der Waals surface area contributed by atoms with Gasteiger partial charge in [0.2, 0.25) is 0 Å². The first-order valence-electron chi connectivity index (χ1n) is 5.76. The van der Waals surface area contributed by atoms with Crippen LogP contribution in [0.3, 0.4) is 0 Å². The summed E-state index contributed by atoms with van der Waals surface area (Å²) in [4.78, 5) is 14.7. The lowest BCUT2D eigenvalue weighted by molar-refractivity contribution is -0.133. The Morgan fingerprint density at radius 3 is 2.67 bits per heavy atom. The van der Waals surface area contributed by atoms with Gasteiger partial charge in [0.25, 0.3) is 0 Å².